The number of carbonyl (C=O) groups excluding carboxylic acids is 3. The number of anilines is 1. The Bertz CT molecular complexity index is 997. The summed E-state index contributed by atoms with van der Waals surface area (Å²) in [5, 5.41) is 3.63. The molecule has 0 atom stereocenters. The van der Waals surface area contributed by atoms with E-state index in [-0.39, 0.29) is 21.2 Å². The van der Waals surface area contributed by atoms with Crippen LogP contribution in [0.3, 0.4) is 0 Å². The van der Waals surface area contributed by atoms with Gasteiger partial charge in [-0.05, 0) is 42.5 Å². The largest absolute Gasteiger partial charge is 0.459 e. The van der Waals surface area contributed by atoms with Gasteiger partial charge in [-0.15, -0.1) is 11.3 Å². The van der Waals surface area contributed by atoms with Crippen molar-refractivity contribution in [2.45, 2.75) is 0 Å². The summed E-state index contributed by atoms with van der Waals surface area (Å²) in [7, 11) is 0. The number of thiophene rings is 1. The molecule has 3 rings (SSSR count). The lowest BCUT2D eigenvalue weighted by atomic mass is 10.1. The van der Waals surface area contributed by atoms with Gasteiger partial charge in [-0.1, -0.05) is 23.2 Å². The number of esters is 1. The second kappa shape index (κ2) is 8.39. The minimum atomic E-state index is -0.683. The molecular weight excluding hydrogens is 413 g/mol. The summed E-state index contributed by atoms with van der Waals surface area (Å²) in [6, 6.07) is 10.6. The summed E-state index contributed by atoms with van der Waals surface area (Å²) in [6.07, 6.45) is 1.39. The van der Waals surface area contributed by atoms with Crippen LogP contribution in [0.4, 0.5) is 5.00 Å². The molecule has 0 radical (unpaired) electrons. The van der Waals surface area contributed by atoms with Crippen molar-refractivity contribution in [3.8, 4) is 0 Å². The van der Waals surface area contributed by atoms with Gasteiger partial charge < -0.3 is 14.5 Å². The third-order valence-electron chi connectivity index (χ3n) is 3.35. The Morgan fingerprint density at radius 1 is 1.11 bits per heavy atom. The lowest BCUT2D eigenvalue weighted by Gasteiger charge is -2.05. The SMILES string of the molecule is O=C(Nc1ccc(C(=O)OCC(=O)c2ccc(Cl)cc2Cl)s1)c1ccco1. The molecule has 0 aliphatic heterocycles. The molecule has 3 aromatic rings. The highest BCUT2D eigenvalue weighted by atomic mass is 35.5. The van der Waals surface area contributed by atoms with Gasteiger partial charge in [0, 0.05) is 10.6 Å². The lowest BCUT2D eigenvalue weighted by molar-refractivity contribution is 0.0479. The van der Waals surface area contributed by atoms with Crippen molar-refractivity contribution in [1.82, 2.24) is 0 Å². The van der Waals surface area contributed by atoms with Gasteiger partial charge in [-0.3, -0.25) is 9.59 Å². The molecule has 0 spiro atoms. The molecule has 0 aliphatic rings. The van der Waals surface area contributed by atoms with Crippen LogP contribution >= 0.6 is 34.5 Å². The van der Waals surface area contributed by atoms with Crippen molar-refractivity contribution in [2.24, 2.45) is 0 Å². The van der Waals surface area contributed by atoms with E-state index in [0.717, 1.165) is 11.3 Å². The topological polar surface area (TPSA) is 85.6 Å². The average molecular weight is 424 g/mol. The monoisotopic (exact) mass is 423 g/mol. The second-order valence-corrected chi connectivity index (χ2v) is 7.15. The van der Waals surface area contributed by atoms with Crippen LogP contribution in [0.5, 0.6) is 0 Å². The fourth-order valence-electron chi connectivity index (χ4n) is 2.09. The van der Waals surface area contributed by atoms with Gasteiger partial charge in [-0.2, -0.15) is 0 Å². The smallest absolute Gasteiger partial charge is 0.348 e. The van der Waals surface area contributed by atoms with Gasteiger partial charge in [-0.25, -0.2) is 4.79 Å². The molecular formula is C18H11Cl2NO5S. The Morgan fingerprint density at radius 3 is 2.63 bits per heavy atom. The number of benzene rings is 1. The fourth-order valence-corrected chi connectivity index (χ4v) is 3.40. The zero-order valence-corrected chi connectivity index (χ0v) is 15.9. The normalized spacial score (nSPS) is 10.4. The highest BCUT2D eigenvalue weighted by molar-refractivity contribution is 7.18. The summed E-state index contributed by atoms with van der Waals surface area (Å²) in [6.45, 7) is -0.466. The molecule has 0 saturated carbocycles. The van der Waals surface area contributed by atoms with Crippen molar-refractivity contribution < 1.29 is 23.5 Å². The van der Waals surface area contributed by atoms with Gasteiger partial charge in [0.2, 0.25) is 5.78 Å². The first-order chi connectivity index (χ1) is 12.9. The van der Waals surface area contributed by atoms with E-state index in [0.29, 0.717) is 10.0 Å². The van der Waals surface area contributed by atoms with Crippen molar-refractivity contribution in [2.75, 3.05) is 11.9 Å². The molecule has 27 heavy (non-hydrogen) atoms. The number of ketones is 1. The highest BCUT2D eigenvalue weighted by Gasteiger charge is 2.17. The van der Waals surface area contributed by atoms with Crippen molar-refractivity contribution in [1.29, 1.82) is 0 Å². The molecule has 6 nitrogen and oxygen atoms in total. The van der Waals surface area contributed by atoms with Gasteiger partial charge in [0.15, 0.2) is 12.4 Å². The van der Waals surface area contributed by atoms with Crippen molar-refractivity contribution in [3.63, 3.8) is 0 Å². The van der Waals surface area contributed by atoms with Crippen LogP contribution in [-0.4, -0.2) is 24.3 Å². The second-order valence-electron chi connectivity index (χ2n) is 5.22. The van der Waals surface area contributed by atoms with Crippen LogP contribution in [0.15, 0.2) is 53.1 Å². The maximum absolute atomic E-state index is 12.1. The first-order valence-electron chi connectivity index (χ1n) is 7.54. The predicted molar refractivity (Wildman–Crippen MR) is 102 cm³/mol. The summed E-state index contributed by atoms with van der Waals surface area (Å²) in [4.78, 5) is 36.4. The molecule has 138 valence electrons. The van der Waals surface area contributed by atoms with Crippen LogP contribution < -0.4 is 5.32 Å². The fraction of sp³-hybridized carbons (Fsp3) is 0.0556. The van der Waals surface area contributed by atoms with Crippen LogP contribution in [0.1, 0.15) is 30.6 Å². The van der Waals surface area contributed by atoms with Crippen LogP contribution in [0.25, 0.3) is 0 Å². The van der Waals surface area contributed by atoms with E-state index in [1.165, 1.54) is 36.6 Å². The van der Waals surface area contributed by atoms with E-state index < -0.39 is 24.3 Å². The number of nitrogens with one attached hydrogen (secondary N) is 1. The Morgan fingerprint density at radius 2 is 1.93 bits per heavy atom. The van der Waals surface area contributed by atoms with Gasteiger partial charge in [0.05, 0.1) is 16.3 Å². The Hall–Kier alpha value is -2.61. The van der Waals surface area contributed by atoms with E-state index >= 15 is 0 Å². The van der Waals surface area contributed by atoms with E-state index in [9.17, 15) is 14.4 Å². The third kappa shape index (κ3) is 4.77. The first kappa shape index (κ1) is 19.2. The number of furan rings is 1. The minimum absolute atomic E-state index is 0.151. The standard InChI is InChI=1S/C18H11Cl2NO5S/c19-10-3-4-11(12(20)8-10)13(22)9-26-18(24)15-5-6-16(27-15)21-17(23)14-2-1-7-25-14/h1-8H,9H2,(H,21,23). The van der Waals surface area contributed by atoms with E-state index in [2.05, 4.69) is 5.32 Å². The first-order valence-corrected chi connectivity index (χ1v) is 9.11. The van der Waals surface area contributed by atoms with Gasteiger partial charge in [0.25, 0.3) is 5.91 Å². The van der Waals surface area contributed by atoms with Crippen LogP contribution in [-0.2, 0) is 4.74 Å². The molecule has 1 aromatic carbocycles. The lowest BCUT2D eigenvalue weighted by Crippen LogP contribution is -2.14. The number of Topliss-reactive ketones (excluding diaryl/α,β-unsaturated/α-hetero) is 1. The average Bonchev–Trinajstić information content (AvgIpc) is 3.31. The molecule has 2 heterocycles. The van der Waals surface area contributed by atoms with E-state index in [4.69, 9.17) is 32.4 Å². The maximum atomic E-state index is 12.1. The molecule has 9 heteroatoms. The highest BCUT2D eigenvalue weighted by Crippen LogP contribution is 2.24. The van der Waals surface area contributed by atoms with Crippen LogP contribution in [0.2, 0.25) is 10.0 Å². The molecule has 0 saturated heterocycles. The number of hydrogen-bond donors (Lipinski definition) is 1. The molecule has 1 amide bonds. The number of amides is 1. The van der Waals surface area contributed by atoms with Gasteiger partial charge >= 0.3 is 5.97 Å². The molecule has 0 unspecified atom stereocenters. The number of carbonyl (C=O) groups is 3. The van der Waals surface area contributed by atoms with Crippen molar-refractivity contribution in [3.05, 3.63) is 75.0 Å². The molecule has 2 aromatic heterocycles. The quantitative estimate of drug-likeness (QED) is 0.448. The third-order valence-corrected chi connectivity index (χ3v) is 4.88. The van der Waals surface area contributed by atoms with E-state index in [1.54, 1.807) is 12.1 Å². The maximum Gasteiger partial charge on any atom is 0.348 e. The summed E-state index contributed by atoms with van der Waals surface area (Å²) >= 11 is 12.8. The Kier molecular flexibility index (Phi) is 5.95. The summed E-state index contributed by atoms with van der Waals surface area (Å²) in [5.41, 5.74) is 0.214. The van der Waals surface area contributed by atoms with E-state index in [1.807, 2.05) is 0 Å². The summed E-state index contributed by atoms with van der Waals surface area (Å²) in [5.74, 6) is -1.42. The zero-order chi connectivity index (χ0) is 19.4. The molecule has 0 fully saturated rings. The van der Waals surface area contributed by atoms with Crippen LogP contribution in [0, 0.1) is 0 Å². The Balaban J connectivity index is 1.58. The molecule has 1 N–H and O–H groups in total. The Labute approximate surface area is 167 Å². The number of ether oxygens (including phenoxy) is 1. The van der Waals surface area contributed by atoms with Crippen molar-refractivity contribution >= 4 is 57.2 Å². The number of halogens is 2. The van der Waals surface area contributed by atoms with Gasteiger partial charge in [0.1, 0.15) is 4.88 Å². The number of rotatable bonds is 6. The predicted octanol–water partition coefficient (Wildman–Crippen LogP) is 4.94. The summed E-state index contributed by atoms with van der Waals surface area (Å²) < 4.78 is 10.0. The minimum Gasteiger partial charge on any atom is -0.459 e. The molecule has 0 bridgehead atoms. The molecule has 0 aliphatic carbocycles. The zero-order valence-electron chi connectivity index (χ0n) is 13.5. The number of hydrogen-bond acceptors (Lipinski definition) is 6.